The first kappa shape index (κ1) is 17.3. The van der Waals surface area contributed by atoms with E-state index in [1.165, 1.54) is 51.4 Å². The first-order valence-corrected chi connectivity index (χ1v) is 8.67. The van der Waals surface area contributed by atoms with Gasteiger partial charge in [-0.3, -0.25) is 4.79 Å². The smallest absolute Gasteiger partial charge is 0.306 e. The third-order valence-corrected chi connectivity index (χ3v) is 4.00. The normalized spacial score (nSPS) is 23.1. The van der Waals surface area contributed by atoms with Gasteiger partial charge in [-0.15, -0.1) is 0 Å². The summed E-state index contributed by atoms with van der Waals surface area (Å²) in [6.07, 6.45) is 19.2. The number of esters is 1. The van der Waals surface area contributed by atoms with Crippen molar-refractivity contribution in [3.63, 3.8) is 0 Å². The molecule has 2 heteroatoms. The molecule has 116 valence electrons. The van der Waals surface area contributed by atoms with Crippen molar-refractivity contribution >= 4 is 5.97 Å². The molecule has 0 saturated carbocycles. The Balaban J connectivity index is 2.40. The number of hydrogen-bond acceptors (Lipinski definition) is 2. The molecule has 0 N–H and O–H groups in total. The third kappa shape index (κ3) is 9.17. The lowest BCUT2D eigenvalue weighted by atomic mass is 10.0. The number of carbonyl (C=O) groups is 1. The Bertz CT molecular complexity index is 271. The van der Waals surface area contributed by atoms with E-state index in [1.807, 2.05) is 0 Å². The first-order valence-electron chi connectivity index (χ1n) is 8.67. The van der Waals surface area contributed by atoms with Crippen molar-refractivity contribution in [3.8, 4) is 0 Å². The van der Waals surface area contributed by atoms with Crippen LogP contribution in [0.2, 0.25) is 0 Å². The zero-order valence-electron chi connectivity index (χ0n) is 13.2. The monoisotopic (exact) mass is 280 g/mol. The van der Waals surface area contributed by atoms with Crippen LogP contribution in [0.3, 0.4) is 0 Å². The summed E-state index contributed by atoms with van der Waals surface area (Å²) in [5, 5.41) is 0. The highest BCUT2D eigenvalue weighted by molar-refractivity contribution is 5.69. The highest BCUT2D eigenvalue weighted by Gasteiger charge is 2.13. The van der Waals surface area contributed by atoms with Crippen LogP contribution in [-0.2, 0) is 9.53 Å². The minimum atomic E-state index is 0.0209. The summed E-state index contributed by atoms with van der Waals surface area (Å²) >= 11 is 0. The highest BCUT2D eigenvalue weighted by atomic mass is 16.5. The predicted molar refractivity (Wildman–Crippen MR) is 84.7 cm³/mol. The molecule has 20 heavy (non-hydrogen) atoms. The summed E-state index contributed by atoms with van der Waals surface area (Å²) < 4.78 is 5.67. The standard InChI is InChI=1S/C18H32O2/c1-2-3-11-14-17-15-12-9-7-5-4-6-8-10-13-16-18(19)20-17/h7,9,17H,2-6,8,10-16H2,1H3. The minimum absolute atomic E-state index is 0.0209. The van der Waals surface area contributed by atoms with Gasteiger partial charge < -0.3 is 4.74 Å². The lowest BCUT2D eigenvalue weighted by molar-refractivity contribution is -0.149. The van der Waals surface area contributed by atoms with Gasteiger partial charge in [0, 0.05) is 6.42 Å². The molecular formula is C18H32O2. The van der Waals surface area contributed by atoms with Gasteiger partial charge in [0.2, 0.25) is 0 Å². The average Bonchev–Trinajstić information content (AvgIpc) is 2.44. The number of carbonyl (C=O) groups excluding carboxylic acids is 1. The summed E-state index contributed by atoms with van der Waals surface area (Å²) in [5.74, 6) is 0.0209. The van der Waals surface area contributed by atoms with E-state index in [0.717, 1.165) is 25.7 Å². The van der Waals surface area contributed by atoms with Gasteiger partial charge in [-0.25, -0.2) is 0 Å². The van der Waals surface area contributed by atoms with Gasteiger partial charge in [-0.05, 0) is 44.9 Å². The second-order valence-electron chi connectivity index (χ2n) is 5.96. The van der Waals surface area contributed by atoms with Crippen LogP contribution in [-0.4, -0.2) is 12.1 Å². The lowest BCUT2D eigenvalue weighted by Gasteiger charge is -2.17. The molecule has 1 unspecified atom stereocenters. The van der Waals surface area contributed by atoms with Crippen molar-refractivity contribution in [2.75, 3.05) is 0 Å². The second-order valence-corrected chi connectivity index (χ2v) is 5.96. The van der Waals surface area contributed by atoms with Crippen molar-refractivity contribution in [1.29, 1.82) is 0 Å². The molecule has 0 aliphatic carbocycles. The van der Waals surface area contributed by atoms with Gasteiger partial charge in [-0.1, -0.05) is 51.2 Å². The lowest BCUT2D eigenvalue weighted by Crippen LogP contribution is -2.18. The van der Waals surface area contributed by atoms with Crippen LogP contribution in [0.5, 0.6) is 0 Å². The molecule has 0 fully saturated rings. The molecule has 0 aromatic rings. The Hall–Kier alpha value is -0.790. The van der Waals surface area contributed by atoms with Gasteiger partial charge in [-0.2, -0.15) is 0 Å². The molecule has 0 spiro atoms. The molecule has 1 atom stereocenters. The van der Waals surface area contributed by atoms with Crippen molar-refractivity contribution in [2.45, 2.75) is 96.5 Å². The van der Waals surface area contributed by atoms with Gasteiger partial charge in [0.25, 0.3) is 0 Å². The van der Waals surface area contributed by atoms with Gasteiger partial charge in [0.05, 0.1) is 0 Å². The van der Waals surface area contributed by atoms with Crippen molar-refractivity contribution in [2.24, 2.45) is 0 Å². The van der Waals surface area contributed by atoms with Crippen molar-refractivity contribution < 1.29 is 9.53 Å². The van der Waals surface area contributed by atoms with Crippen LogP contribution < -0.4 is 0 Å². The fourth-order valence-electron chi connectivity index (χ4n) is 2.71. The number of ether oxygens (including phenoxy) is 1. The highest BCUT2D eigenvalue weighted by Crippen LogP contribution is 2.16. The molecule has 0 radical (unpaired) electrons. The maximum absolute atomic E-state index is 11.9. The molecule has 0 saturated heterocycles. The van der Waals surface area contributed by atoms with Gasteiger partial charge in [0.15, 0.2) is 0 Å². The fourth-order valence-corrected chi connectivity index (χ4v) is 2.71. The summed E-state index contributed by atoms with van der Waals surface area (Å²) in [4.78, 5) is 11.9. The van der Waals surface area contributed by atoms with Crippen molar-refractivity contribution in [1.82, 2.24) is 0 Å². The van der Waals surface area contributed by atoms with E-state index in [2.05, 4.69) is 19.1 Å². The first-order chi connectivity index (χ1) is 9.83. The Morgan fingerprint density at radius 1 is 1.05 bits per heavy atom. The van der Waals surface area contributed by atoms with Crippen LogP contribution in [0.25, 0.3) is 0 Å². The van der Waals surface area contributed by atoms with E-state index in [4.69, 9.17) is 4.74 Å². The maximum Gasteiger partial charge on any atom is 0.306 e. The summed E-state index contributed by atoms with van der Waals surface area (Å²) in [6.45, 7) is 2.21. The van der Waals surface area contributed by atoms with Gasteiger partial charge >= 0.3 is 5.97 Å². The molecule has 0 aromatic carbocycles. The molecule has 1 aliphatic rings. The van der Waals surface area contributed by atoms with Crippen LogP contribution in [0.4, 0.5) is 0 Å². The Morgan fingerprint density at radius 3 is 2.65 bits per heavy atom. The van der Waals surface area contributed by atoms with E-state index >= 15 is 0 Å². The summed E-state index contributed by atoms with van der Waals surface area (Å²) in [7, 11) is 0. The van der Waals surface area contributed by atoms with E-state index in [9.17, 15) is 4.79 Å². The van der Waals surface area contributed by atoms with Crippen LogP contribution in [0.15, 0.2) is 12.2 Å². The van der Waals surface area contributed by atoms with Crippen LogP contribution in [0.1, 0.15) is 90.4 Å². The molecule has 1 aliphatic heterocycles. The zero-order chi connectivity index (χ0) is 14.5. The number of rotatable bonds is 4. The van der Waals surface area contributed by atoms with Crippen LogP contribution in [0, 0.1) is 0 Å². The second kappa shape index (κ2) is 12.0. The van der Waals surface area contributed by atoms with E-state index < -0.39 is 0 Å². The average molecular weight is 280 g/mol. The molecular weight excluding hydrogens is 248 g/mol. The summed E-state index contributed by atoms with van der Waals surface area (Å²) in [6, 6.07) is 0. The largest absolute Gasteiger partial charge is 0.462 e. The fraction of sp³-hybridized carbons (Fsp3) is 0.833. The quantitative estimate of drug-likeness (QED) is 0.383. The molecule has 1 rings (SSSR count). The SMILES string of the molecule is CCCCCC1CCC=CCCCCCCCC(=O)O1. The molecule has 0 aromatic heterocycles. The van der Waals surface area contributed by atoms with E-state index in [-0.39, 0.29) is 12.1 Å². The van der Waals surface area contributed by atoms with Gasteiger partial charge in [0.1, 0.15) is 6.10 Å². The maximum atomic E-state index is 11.9. The van der Waals surface area contributed by atoms with Crippen LogP contribution >= 0.6 is 0 Å². The topological polar surface area (TPSA) is 26.3 Å². The Kier molecular flexibility index (Phi) is 10.3. The zero-order valence-corrected chi connectivity index (χ0v) is 13.2. The number of allylic oxidation sites excluding steroid dienone is 2. The molecule has 1 heterocycles. The predicted octanol–water partition coefficient (Wildman–Crippen LogP) is 5.56. The number of cyclic esters (lactones) is 1. The molecule has 0 amide bonds. The molecule has 2 nitrogen and oxygen atoms in total. The van der Waals surface area contributed by atoms with Crippen molar-refractivity contribution in [3.05, 3.63) is 12.2 Å². The van der Waals surface area contributed by atoms with E-state index in [0.29, 0.717) is 6.42 Å². The molecule has 0 bridgehead atoms. The summed E-state index contributed by atoms with van der Waals surface area (Å²) in [5.41, 5.74) is 0. The number of hydrogen-bond donors (Lipinski definition) is 0. The number of unbranched alkanes of at least 4 members (excludes halogenated alkanes) is 2. The Labute approximate surface area is 125 Å². The Morgan fingerprint density at radius 2 is 1.80 bits per heavy atom. The third-order valence-electron chi connectivity index (χ3n) is 4.00. The minimum Gasteiger partial charge on any atom is -0.462 e. The van der Waals surface area contributed by atoms with E-state index in [1.54, 1.807) is 0 Å².